The number of hydrogen-bond acceptors (Lipinski definition) is 3. The van der Waals surface area contributed by atoms with Crippen molar-refractivity contribution in [2.75, 3.05) is 13.6 Å². The Bertz CT molecular complexity index is 918. The second kappa shape index (κ2) is 7.43. The van der Waals surface area contributed by atoms with Crippen LogP contribution in [-0.4, -0.2) is 27.6 Å². The number of nitriles is 1. The maximum absolute atomic E-state index is 8.88. The van der Waals surface area contributed by atoms with Crippen molar-refractivity contribution in [2.24, 2.45) is 0 Å². The molecule has 0 unspecified atom stereocenters. The molecule has 0 saturated heterocycles. The zero-order valence-electron chi connectivity index (χ0n) is 13.7. The topological polar surface area (TPSA) is 36.9 Å². The van der Waals surface area contributed by atoms with Gasteiger partial charge in [-0.3, -0.25) is 4.90 Å². The molecule has 0 spiro atoms. The van der Waals surface area contributed by atoms with Crippen LogP contribution in [0.3, 0.4) is 0 Å². The molecule has 3 rings (SSSR count). The number of hydrogen-bond donors (Lipinski definition) is 0. The molecule has 0 saturated carbocycles. The Morgan fingerprint density at radius 2 is 1.62 bits per heavy atom. The molecule has 2 aromatic carbocycles. The van der Waals surface area contributed by atoms with Crippen molar-refractivity contribution in [3.63, 3.8) is 0 Å². The molecule has 0 bridgehead atoms. The lowest BCUT2D eigenvalue weighted by Gasteiger charge is -2.14. The van der Waals surface area contributed by atoms with Gasteiger partial charge in [-0.1, -0.05) is 42.5 Å². The second-order valence-corrected chi connectivity index (χ2v) is 6.27. The van der Waals surface area contributed by atoms with Crippen LogP contribution in [0.4, 0.5) is 0 Å². The molecule has 122 valence electrons. The Morgan fingerprint density at radius 3 is 2.29 bits per heavy atom. The van der Waals surface area contributed by atoms with E-state index in [-0.39, 0.29) is 0 Å². The smallest absolute Gasteiger partial charge is 0.181 e. The largest absolute Gasteiger partial charge is 0.316 e. The average Bonchev–Trinajstić information content (AvgIpc) is 2.86. The van der Waals surface area contributed by atoms with Gasteiger partial charge in [0.05, 0.1) is 30.3 Å². The third-order valence-corrected chi connectivity index (χ3v) is 4.56. The van der Waals surface area contributed by atoms with E-state index in [1.165, 1.54) is 5.56 Å². The summed E-state index contributed by atoms with van der Waals surface area (Å²) < 4.78 is 5.10. The molecule has 1 heterocycles. The quantitative estimate of drug-likeness (QED) is 0.507. The molecule has 0 aliphatic heterocycles. The summed E-state index contributed by atoms with van der Waals surface area (Å²) in [5.74, 6) is 0. The Hall–Kier alpha value is -2.42. The van der Waals surface area contributed by atoms with Crippen molar-refractivity contribution in [2.45, 2.75) is 19.6 Å². The Morgan fingerprint density at radius 1 is 1.00 bits per heavy atom. The van der Waals surface area contributed by atoms with Gasteiger partial charge in [-0.25, -0.2) is 0 Å². The van der Waals surface area contributed by atoms with E-state index in [0.29, 0.717) is 13.2 Å². The molecule has 5 heteroatoms. The lowest BCUT2D eigenvalue weighted by molar-refractivity contribution is 0.300. The van der Waals surface area contributed by atoms with Gasteiger partial charge < -0.3 is 9.13 Å². The van der Waals surface area contributed by atoms with Crippen molar-refractivity contribution in [1.29, 1.82) is 5.26 Å². The summed E-state index contributed by atoms with van der Waals surface area (Å²) in [4.78, 5) is 1.96. The van der Waals surface area contributed by atoms with Gasteiger partial charge in [0.15, 0.2) is 4.77 Å². The molecule has 4 nitrogen and oxygen atoms in total. The van der Waals surface area contributed by atoms with E-state index < -0.39 is 0 Å². The fourth-order valence-corrected chi connectivity index (χ4v) is 3.27. The van der Waals surface area contributed by atoms with E-state index in [0.717, 1.165) is 28.8 Å². The van der Waals surface area contributed by atoms with Gasteiger partial charge in [-0.05, 0) is 43.4 Å². The third kappa shape index (κ3) is 3.40. The van der Waals surface area contributed by atoms with Gasteiger partial charge >= 0.3 is 0 Å². The molecular formula is C19H20N4S. The Kier molecular flexibility index (Phi) is 5.09. The lowest BCUT2D eigenvalue weighted by atomic mass is 10.1. The molecule has 3 aromatic rings. The fourth-order valence-electron chi connectivity index (χ4n) is 2.92. The van der Waals surface area contributed by atoms with Crippen LogP contribution in [0.5, 0.6) is 0 Å². The minimum Gasteiger partial charge on any atom is -0.316 e. The average molecular weight is 336 g/mol. The van der Waals surface area contributed by atoms with E-state index >= 15 is 0 Å². The first-order valence-electron chi connectivity index (χ1n) is 7.98. The van der Waals surface area contributed by atoms with E-state index in [4.69, 9.17) is 17.5 Å². The van der Waals surface area contributed by atoms with Gasteiger partial charge in [0.25, 0.3) is 0 Å². The van der Waals surface area contributed by atoms with E-state index in [9.17, 15) is 0 Å². The number of fused-ring (bicyclic) bond motifs is 1. The summed E-state index contributed by atoms with van der Waals surface area (Å²) in [6.45, 7) is 1.84. The minimum absolute atomic E-state index is 0.380. The maximum atomic E-state index is 8.88. The summed E-state index contributed by atoms with van der Waals surface area (Å²) in [5, 5.41) is 8.88. The zero-order chi connectivity index (χ0) is 16.9. The highest BCUT2D eigenvalue weighted by Crippen LogP contribution is 2.19. The molecule has 0 fully saturated rings. The monoisotopic (exact) mass is 336 g/mol. The molecule has 24 heavy (non-hydrogen) atoms. The second-order valence-electron chi connectivity index (χ2n) is 5.90. The van der Waals surface area contributed by atoms with Crippen molar-refractivity contribution in [3.05, 3.63) is 64.9 Å². The number of aromatic nitrogens is 2. The van der Waals surface area contributed by atoms with Crippen LogP contribution in [0, 0.1) is 16.1 Å². The van der Waals surface area contributed by atoms with Gasteiger partial charge in [-0.2, -0.15) is 5.26 Å². The van der Waals surface area contributed by atoms with Crippen LogP contribution in [0.2, 0.25) is 0 Å². The predicted molar refractivity (Wildman–Crippen MR) is 99.2 cm³/mol. The van der Waals surface area contributed by atoms with Crippen molar-refractivity contribution in [1.82, 2.24) is 14.0 Å². The van der Waals surface area contributed by atoms with E-state index in [1.807, 2.05) is 30.1 Å². The van der Waals surface area contributed by atoms with Crippen LogP contribution >= 0.6 is 12.2 Å². The van der Waals surface area contributed by atoms with Crippen LogP contribution in [0.15, 0.2) is 54.6 Å². The Balaban J connectivity index is 1.94. The number of aryl methyl sites for hydroxylation is 2. The number of nitrogens with zero attached hydrogens (tertiary/aromatic N) is 4. The lowest BCUT2D eigenvalue weighted by Crippen LogP contribution is -2.22. The van der Waals surface area contributed by atoms with Crippen molar-refractivity contribution in [3.8, 4) is 6.07 Å². The molecular weight excluding hydrogens is 316 g/mol. The number of benzene rings is 2. The number of rotatable bonds is 6. The van der Waals surface area contributed by atoms with E-state index in [2.05, 4.69) is 51.6 Å². The summed E-state index contributed by atoms with van der Waals surface area (Å²) >= 11 is 5.73. The molecule has 0 amide bonds. The summed E-state index contributed by atoms with van der Waals surface area (Å²) in [6.07, 6.45) is 0.942. The van der Waals surface area contributed by atoms with Gasteiger partial charge in [-0.15, -0.1) is 0 Å². The van der Waals surface area contributed by atoms with Crippen LogP contribution in [-0.2, 0) is 19.6 Å². The minimum atomic E-state index is 0.380. The van der Waals surface area contributed by atoms with Crippen molar-refractivity contribution < 1.29 is 0 Å². The number of imidazole rings is 1. The molecule has 0 aliphatic carbocycles. The normalized spacial score (nSPS) is 11.0. The summed E-state index contributed by atoms with van der Waals surface area (Å²) in [6, 6.07) is 20.9. The number of para-hydroxylation sites is 2. The highest BCUT2D eigenvalue weighted by molar-refractivity contribution is 7.71. The van der Waals surface area contributed by atoms with Crippen LogP contribution < -0.4 is 0 Å². The maximum Gasteiger partial charge on any atom is 0.181 e. The first kappa shape index (κ1) is 16.4. The third-order valence-electron chi connectivity index (χ3n) is 4.12. The van der Waals surface area contributed by atoms with Crippen LogP contribution in [0.25, 0.3) is 11.0 Å². The first-order chi connectivity index (χ1) is 11.7. The predicted octanol–water partition coefficient (Wildman–Crippen LogP) is 3.83. The molecule has 1 aromatic heterocycles. The molecule has 0 radical (unpaired) electrons. The molecule has 0 N–H and O–H groups in total. The van der Waals surface area contributed by atoms with Crippen molar-refractivity contribution >= 4 is 23.3 Å². The zero-order valence-corrected chi connectivity index (χ0v) is 14.5. The highest BCUT2D eigenvalue weighted by Gasteiger charge is 2.11. The van der Waals surface area contributed by atoms with Gasteiger partial charge in [0.2, 0.25) is 0 Å². The summed E-state index contributed by atoms with van der Waals surface area (Å²) in [7, 11) is 1.93. The van der Waals surface area contributed by atoms with Gasteiger partial charge in [0, 0.05) is 6.54 Å². The Labute approximate surface area is 147 Å². The first-order valence-corrected chi connectivity index (χ1v) is 8.39. The standard InChI is InChI=1S/C19H20N4S/c1-21(14-12-20)15-23-18-10-6-5-9-17(18)22(19(23)24)13-11-16-7-3-2-4-8-16/h2-10H,11,13-15H2,1H3. The van der Waals surface area contributed by atoms with Gasteiger partial charge in [0.1, 0.15) is 0 Å². The fraction of sp³-hybridized carbons (Fsp3) is 0.263. The SMILES string of the molecule is CN(CC#N)Cn1c(=S)n(CCc2ccccc2)c2ccccc21. The molecule has 0 aliphatic rings. The summed E-state index contributed by atoms with van der Waals surface area (Å²) in [5.41, 5.74) is 3.56. The van der Waals surface area contributed by atoms with Crippen LogP contribution in [0.1, 0.15) is 5.56 Å². The molecule has 0 atom stereocenters. The van der Waals surface area contributed by atoms with E-state index in [1.54, 1.807) is 0 Å². The highest BCUT2D eigenvalue weighted by atomic mass is 32.1.